The Morgan fingerprint density at radius 2 is 1.32 bits per heavy atom. The van der Waals surface area contributed by atoms with Crippen molar-refractivity contribution in [1.82, 2.24) is 26.5 Å². The van der Waals surface area contributed by atoms with E-state index in [1.54, 1.807) is 6.20 Å². The van der Waals surface area contributed by atoms with Gasteiger partial charge in [-0.25, -0.2) is 0 Å². The lowest BCUT2D eigenvalue weighted by atomic mass is 10.1. The summed E-state index contributed by atoms with van der Waals surface area (Å²) in [6.45, 7) is 15.9. The van der Waals surface area contributed by atoms with Crippen molar-refractivity contribution in [2.45, 2.75) is 66.5 Å². The molecule has 0 aliphatic heterocycles. The molecule has 1 rings (SSSR count). The van der Waals surface area contributed by atoms with E-state index in [1.165, 1.54) is 0 Å². The quantitative estimate of drug-likeness (QED) is 0.338. The van der Waals surface area contributed by atoms with Gasteiger partial charge in [0.2, 0.25) is 0 Å². The lowest BCUT2D eigenvalue weighted by Gasteiger charge is -2.22. The Morgan fingerprint density at radius 1 is 0.857 bits per heavy atom. The van der Waals surface area contributed by atoms with Gasteiger partial charge in [-0.15, -0.1) is 0 Å². The average Bonchev–Trinajstić information content (AvgIpc) is 2.54. The van der Waals surface area contributed by atoms with Crippen LogP contribution in [0.3, 0.4) is 0 Å². The Labute approximate surface area is 178 Å². The van der Waals surface area contributed by atoms with Gasteiger partial charge in [-0.3, -0.25) is 15.8 Å². The SMILES string of the molecule is CC(=NNC(=S)NC(C)(C)C)c1cccnc1C(C)=NNC(=S)NC(C)(C)C. The molecule has 0 saturated heterocycles. The summed E-state index contributed by atoms with van der Waals surface area (Å²) in [7, 11) is 0. The molecule has 0 spiro atoms. The minimum atomic E-state index is -0.141. The topological polar surface area (TPSA) is 85.7 Å². The summed E-state index contributed by atoms with van der Waals surface area (Å²) in [5.41, 5.74) is 8.46. The van der Waals surface area contributed by atoms with E-state index < -0.39 is 0 Å². The Balaban J connectivity index is 2.94. The van der Waals surface area contributed by atoms with Crippen LogP contribution in [0.4, 0.5) is 0 Å². The first-order chi connectivity index (χ1) is 12.8. The van der Waals surface area contributed by atoms with Crippen LogP contribution >= 0.6 is 24.4 Å². The number of rotatable bonds is 4. The van der Waals surface area contributed by atoms with Crippen LogP contribution in [0, 0.1) is 0 Å². The maximum absolute atomic E-state index is 5.27. The fraction of sp³-hybridized carbons (Fsp3) is 0.526. The summed E-state index contributed by atoms with van der Waals surface area (Å²) < 4.78 is 0. The van der Waals surface area contributed by atoms with Crippen molar-refractivity contribution < 1.29 is 0 Å². The van der Waals surface area contributed by atoms with Gasteiger partial charge in [0.25, 0.3) is 0 Å². The van der Waals surface area contributed by atoms with E-state index in [0.29, 0.717) is 21.6 Å². The summed E-state index contributed by atoms with van der Waals surface area (Å²) in [5.74, 6) is 0. The number of aromatic nitrogens is 1. The molecule has 7 nitrogen and oxygen atoms in total. The average molecular weight is 422 g/mol. The van der Waals surface area contributed by atoms with E-state index in [-0.39, 0.29) is 11.1 Å². The summed E-state index contributed by atoms with van der Waals surface area (Å²) in [4.78, 5) is 4.45. The molecule has 0 aliphatic rings. The second kappa shape index (κ2) is 9.88. The third kappa shape index (κ3) is 9.18. The summed E-state index contributed by atoms with van der Waals surface area (Å²) in [6.07, 6.45) is 1.72. The van der Waals surface area contributed by atoms with E-state index in [0.717, 1.165) is 11.3 Å². The van der Waals surface area contributed by atoms with Gasteiger partial charge in [0, 0.05) is 22.8 Å². The van der Waals surface area contributed by atoms with E-state index in [9.17, 15) is 0 Å². The predicted octanol–water partition coefficient (Wildman–Crippen LogP) is 3.05. The van der Waals surface area contributed by atoms with Gasteiger partial charge in [-0.05, 0) is 92.0 Å². The molecule has 0 amide bonds. The monoisotopic (exact) mass is 421 g/mol. The number of nitrogens with zero attached hydrogens (tertiary/aromatic N) is 3. The lowest BCUT2D eigenvalue weighted by Crippen LogP contribution is -2.45. The first kappa shape index (κ1) is 23.9. The Kier molecular flexibility index (Phi) is 8.44. The van der Waals surface area contributed by atoms with Crippen LogP contribution in [-0.2, 0) is 0 Å². The van der Waals surface area contributed by atoms with Gasteiger partial charge in [0.05, 0.1) is 17.1 Å². The molecule has 0 radical (unpaired) electrons. The predicted molar refractivity (Wildman–Crippen MR) is 126 cm³/mol. The highest BCUT2D eigenvalue weighted by molar-refractivity contribution is 7.80. The van der Waals surface area contributed by atoms with Gasteiger partial charge in [-0.2, -0.15) is 10.2 Å². The standard InChI is InChI=1S/C19H31N7S2/c1-12(23-25-16(27)21-18(3,4)5)14-10-9-11-20-15(14)13(2)24-26-17(28)22-19(6,7)8/h9-11H,1-8H3,(H2,21,25,27)(H2,22,26,28). The maximum atomic E-state index is 5.27. The molecule has 1 aromatic rings. The van der Waals surface area contributed by atoms with Crippen LogP contribution in [0.5, 0.6) is 0 Å². The zero-order chi connectivity index (χ0) is 21.5. The fourth-order valence-corrected chi connectivity index (χ4v) is 2.81. The molecule has 1 heterocycles. The second-order valence-electron chi connectivity index (χ2n) is 8.43. The van der Waals surface area contributed by atoms with E-state index >= 15 is 0 Å². The molecule has 9 heteroatoms. The van der Waals surface area contributed by atoms with Crippen molar-refractivity contribution in [3.63, 3.8) is 0 Å². The molecule has 4 N–H and O–H groups in total. The van der Waals surface area contributed by atoms with Gasteiger partial charge >= 0.3 is 0 Å². The number of hydrazone groups is 2. The zero-order valence-electron chi connectivity index (χ0n) is 17.9. The van der Waals surface area contributed by atoms with Gasteiger partial charge in [-0.1, -0.05) is 0 Å². The first-order valence-electron chi connectivity index (χ1n) is 8.99. The van der Waals surface area contributed by atoms with Crippen LogP contribution in [0.25, 0.3) is 0 Å². The van der Waals surface area contributed by atoms with E-state index in [2.05, 4.69) is 36.7 Å². The van der Waals surface area contributed by atoms with Crippen molar-refractivity contribution >= 4 is 46.1 Å². The molecular formula is C19H31N7S2. The van der Waals surface area contributed by atoms with E-state index in [4.69, 9.17) is 24.4 Å². The Morgan fingerprint density at radius 3 is 1.79 bits per heavy atom. The Hall–Kier alpha value is -2.13. The normalized spacial score (nSPS) is 13.0. The first-order valence-corrected chi connectivity index (χ1v) is 9.81. The van der Waals surface area contributed by atoms with Crippen molar-refractivity contribution in [1.29, 1.82) is 0 Å². The smallest absolute Gasteiger partial charge is 0.187 e. The van der Waals surface area contributed by atoms with Gasteiger partial charge in [0.1, 0.15) is 0 Å². The Bertz CT molecular complexity index is 706. The molecule has 0 unspecified atom stereocenters. The minimum Gasteiger partial charge on any atom is -0.357 e. The molecule has 0 fully saturated rings. The highest BCUT2D eigenvalue weighted by Crippen LogP contribution is 2.09. The van der Waals surface area contributed by atoms with Gasteiger partial charge < -0.3 is 10.6 Å². The highest BCUT2D eigenvalue weighted by Gasteiger charge is 2.13. The number of thiocarbonyl (C=S) groups is 2. The molecular weight excluding hydrogens is 390 g/mol. The molecule has 1 aromatic heterocycles. The number of hydrogen-bond donors (Lipinski definition) is 4. The number of pyridine rings is 1. The fourth-order valence-electron chi connectivity index (χ4n) is 2.11. The van der Waals surface area contributed by atoms with Gasteiger partial charge in [0.15, 0.2) is 10.2 Å². The van der Waals surface area contributed by atoms with Crippen molar-refractivity contribution in [2.24, 2.45) is 10.2 Å². The van der Waals surface area contributed by atoms with Crippen LogP contribution in [0.2, 0.25) is 0 Å². The van der Waals surface area contributed by atoms with Crippen LogP contribution in [-0.4, -0.2) is 37.7 Å². The second-order valence-corrected chi connectivity index (χ2v) is 9.24. The summed E-state index contributed by atoms with van der Waals surface area (Å²) in [6, 6.07) is 3.80. The molecule has 0 aromatic carbocycles. The number of nitrogens with one attached hydrogen (secondary N) is 4. The largest absolute Gasteiger partial charge is 0.357 e. The third-order valence-corrected chi connectivity index (χ3v) is 3.55. The van der Waals surface area contributed by atoms with Crippen LogP contribution in [0.1, 0.15) is 66.6 Å². The van der Waals surface area contributed by atoms with E-state index in [1.807, 2.05) is 67.5 Å². The lowest BCUT2D eigenvalue weighted by molar-refractivity contribution is 0.507. The van der Waals surface area contributed by atoms with Crippen molar-refractivity contribution in [2.75, 3.05) is 0 Å². The number of hydrogen-bond acceptors (Lipinski definition) is 5. The highest BCUT2D eigenvalue weighted by atomic mass is 32.1. The summed E-state index contributed by atoms with van der Waals surface area (Å²) in [5, 5.41) is 16.0. The molecule has 0 atom stereocenters. The molecule has 0 aliphatic carbocycles. The third-order valence-electron chi connectivity index (χ3n) is 3.17. The maximum Gasteiger partial charge on any atom is 0.187 e. The minimum absolute atomic E-state index is 0.138. The molecule has 0 saturated carbocycles. The van der Waals surface area contributed by atoms with Crippen molar-refractivity contribution in [3.8, 4) is 0 Å². The summed E-state index contributed by atoms with van der Waals surface area (Å²) >= 11 is 10.5. The molecule has 154 valence electrons. The van der Waals surface area contributed by atoms with Crippen LogP contribution < -0.4 is 21.5 Å². The van der Waals surface area contributed by atoms with Crippen molar-refractivity contribution in [3.05, 3.63) is 29.6 Å². The molecule has 0 bridgehead atoms. The van der Waals surface area contributed by atoms with Crippen LogP contribution in [0.15, 0.2) is 28.5 Å². The zero-order valence-corrected chi connectivity index (χ0v) is 19.5. The molecule has 28 heavy (non-hydrogen) atoms.